The number of carbonyl (C=O) groups is 4. The van der Waals surface area contributed by atoms with E-state index >= 15 is 0 Å². The first-order chi connectivity index (χ1) is 23.1. The van der Waals surface area contributed by atoms with E-state index < -0.39 is 78.3 Å². The van der Waals surface area contributed by atoms with Crippen LogP contribution in [0.2, 0.25) is 0 Å². The number of aromatic hydroxyl groups is 1. The minimum absolute atomic E-state index is 0.0252. The van der Waals surface area contributed by atoms with Gasteiger partial charge in [-0.2, -0.15) is 0 Å². The highest BCUT2D eigenvalue weighted by molar-refractivity contribution is 6.53. The van der Waals surface area contributed by atoms with E-state index in [1.165, 1.54) is 26.0 Å². The number of anilines is 2. The average Bonchev–Trinajstić information content (AvgIpc) is 3.39. The molecule has 2 heterocycles. The predicted molar refractivity (Wildman–Crippen MR) is 178 cm³/mol. The zero-order valence-electron chi connectivity index (χ0n) is 26.1. The Bertz CT molecular complexity index is 2090. The molecular formula is C33H27Cl2N5O9. The van der Waals surface area contributed by atoms with Gasteiger partial charge in [0.05, 0.1) is 27.4 Å². The maximum absolute atomic E-state index is 14.4. The zero-order chi connectivity index (χ0) is 35.5. The molecule has 1 saturated carbocycles. The first-order valence-electron chi connectivity index (χ1n) is 15.2. The van der Waals surface area contributed by atoms with E-state index in [1.807, 2.05) is 0 Å². The number of phenols is 1. The number of rotatable bonds is 5. The van der Waals surface area contributed by atoms with Crippen LogP contribution in [0.15, 0.2) is 60.2 Å². The van der Waals surface area contributed by atoms with E-state index in [2.05, 4.69) is 0 Å². The van der Waals surface area contributed by atoms with Gasteiger partial charge in [0.2, 0.25) is 11.8 Å². The van der Waals surface area contributed by atoms with Gasteiger partial charge in [0.25, 0.3) is 11.8 Å². The molecule has 2 saturated heterocycles. The van der Waals surface area contributed by atoms with Crippen molar-refractivity contribution >= 4 is 80.4 Å². The molecule has 49 heavy (non-hydrogen) atoms. The van der Waals surface area contributed by atoms with Crippen molar-refractivity contribution in [2.45, 2.75) is 28.5 Å². The summed E-state index contributed by atoms with van der Waals surface area (Å²) in [4.78, 5) is 77.0. The van der Waals surface area contributed by atoms with Gasteiger partial charge in [0.1, 0.15) is 5.75 Å². The molecule has 2 aliphatic carbocycles. The fourth-order valence-corrected chi connectivity index (χ4v) is 9.32. The van der Waals surface area contributed by atoms with Crippen molar-refractivity contribution < 1.29 is 34.1 Å². The summed E-state index contributed by atoms with van der Waals surface area (Å²) in [6.07, 6.45) is 1.33. The van der Waals surface area contributed by atoms with Crippen LogP contribution < -0.4 is 9.80 Å². The number of halogens is 2. The maximum Gasteiger partial charge on any atom is 0.301 e. The van der Waals surface area contributed by atoms with Crippen molar-refractivity contribution in [1.82, 2.24) is 4.90 Å². The van der Waals surface area contributed by atoms with Gasteiger partial charge >= 0.3 is 11.4 Å². The van der Waals surface area contributed by atoms with Crippen molar-refractivity contribution in [2.24, 2.45) is 17.8 Å². The molecule has 6 atom stereocenters. The summed E-state index contributed by atoms with van der Waals surface area (Å²) < 4.78 is 0. The Kier molecular flexibility index (Phi) is 7.10. The Morgan fingerprint density at radius 3 is 2.16 bits per heavy atom. The minimum atomic E-state index is -2.12. The Hall–Kier alpha value is -5.08. The largest absolute Gasteiger partial charge is 0.507 e. The molecule has 0 spiro atoms. The summed E-state index contributed by atoms with van der Waals surface area (Å²) >= 11 is 14.4. The van der Waals surface area contributed by atoms with Gasteiger partial charge in [-0.15, -0.1) is 23.2 Å². The summed E-state index contributed by atoms with van der Waals surface area (Å²) in [7, 11) is 4.03. The molecule has 4 amide bonds. The van der Waals surface area contributed by atoms with Crippen LogP contribution in [0.25, 0.3) is 10.8 Å². The summed E-state index contributed by atoms with van der Waals surface area (Å²) in [5, 5.41) is 36.9. The van der Waals surface area contributed by atoms with E-state index in [1.54, 1.807) is 42.5 Å². The summed E-state index contributed by atoms with van der Waals surface area (Å²) in [5.74, 6) is -7.69. The topological polar surface area (TPSA) is 185 Å². The molecule has 3 aromatic rings. The first-order valence-corrected chi connectivity index (χ1v) is 15.9. The van der Waals surface area contributed by atoms with Crippen LogP contribution in [-0.2, 0) is 19.2 Å². The highest BCUT2D eigenvalue weighted by atomic mass is 35.5. The number of nitro benzene ring substituents is 2. The molecule has 0 aromatic heterocycles. The van der Waals surface area contributed by atoms with Crippen molar-refractivity contribution in [2.75, 3.05) is 30.9 Å². The van der Waals surface area contributed by atoms with E-state index in [0.29, 0.717) is 21.2 Å². The van der Waals surface area contributed by atoms with Crippen molar-refractivity contribution in [3.8, 4) is 5.75 Å². The van der Waals surface area contributed by atoms with Gasteiger partial charge in [-0.25, -0.2) is 4.90 Å². The fraction of sp³-hybridized carbons (Fsp3) is 0.333. The number of alkyl halides is 2. The Morgan fingerprint density at radius 1 is 0.918 bits per heavy atom. The van der Waals surface area contributed by atoms with Crippen LogP contribution in [0.4, 0.5) is 22.7 Å². The standard InChI is InChI=1S/C33H27Cl2N5O9/c1-36(2)26-22(39(46)47)12-16(13-23(26)40(48)49)38-28(42)19-11-10-18-21(24(19)29(38)43)14-32(34)30(44)37(3)31(45)33(32,35)25(18)20-9-8-15-6-4-5-7-17(15)27(20)41/h4-10,12-13,19,21,24-25,41H,11,14H2,1-3H3/t19-,21+,24-,25+,32+,33-/m0/s1. The number of nitrogens with zero attached hydrogens (tertiary/aromatic N) is 5. The second-order valence-electron chi connectivity index (χ2n) is 13.0. The summed E-state index contributed by atoms with van der Waals surface area (Å²) in [5.41, 5.74) is -1.41. The third kappa shape index (κ3) is 4.13. The van der Waals surface area contributed by atoms with Crippen LogP contribution in [0.3, 0.4) is 0 Å². The maximum atomic E-state index is 14.4. The lowest BCUT2D eigenvalue weighted by molar-refractivity contribution is -0.392. The number of hydrogen-bond acceptors (Lipinski definition) is 10. The highest BCUT2D eigenvalue weighted by Gasteiger charge is 2.76. The molecule has 252 valence electrons. The summed E-state index contributed by atoms with van der Waals surface area (Å²) in [6, 6.07) is 12.2. The Labute approximate surface area is 287 Å². The minimum Gasteiger partial charge on any atom is -0.507 e. The SMILES string of the molecule is CN1C(=O)[C@]2(Cl)C[C@@H]3C(=CC[C@@H]4C(=O)N(c5cc([N+](=O)[O-])c(N(C)C)c([N+](=O)[O-])c5)C(=O)[C@@H]43)[C@H](c3ccc4ccccc4c3O)[C@]2(Cl)C1=O. The lowest BCUT2D eigenvalue weighted by atomic mass is 9.56. The third-order valence-corrected chi connectivity index (χ3v) is 11.8. The van der Waals surface area contributed by atoms with Gasteiger partial charge in [0.15, 0.2) is 15.4 Å². The fourth-order valence-electron chi connectivity index (χ4n) is 8.30. The molecule has 3 fully saturated rings. The number of nitro groups is 2. The van der Waals surface area contributed by atoms with Crippen LogP contribution in [-0.4, -0.2) is 74.4 Å². The number of hydrogen-bond donors (Lipinski definition) is 1. The first kappa shape index (κ1) is 32.5. The van der Waals surface area contributed by atoms with Gasteiger partial charge in [-0.05, 0) is 24.1 Å². The second-order valence-corrected chi connectivity index (χ2v) is 14.2. The number of fused-ring (bicyclic) bond motifs is 5. The van der Waals surface area contributed by atoms with E-state index in [9.17, 15) is 44.5 Å². The van der Waals surface area contributed by atoms with Crippen molar-refractivity contribution in [3.05, 3.63) is 86.0 Å². The number of likely N-dealkylation sites (tertiary alicyclic amines) is 1. The van der Waals surface area contributed by atoms with E-state index in [-0.39, 0.29) is 35.5 Å². The van der Waals surface area contributed by atoms with Crippen LogP contribution in [0.5, 0.6) is 5.75 Å². The Balaban J connectivity index is 1.40. The molecule has 4 aliphatic rings. The molecule has 14 nitrogen and oxygen atoms in total. The highest BCUT2D eigenvalue weighted by Crippen LogP contribution is 2.66. The smallest absolute Gasteiger partial charge is 0.301 e. The van der Waals surface area contributed by atoms with Crippen molar-refractivity contribution in [3.63, 3.8) is 0 Å². The molecule has 0 unspecified atom stereocenters. The molecule has 1 N–H and O–H groups in total. The number of imide groups is 2. The van der Waals surface area contributed by atoms with Crippen LogP contribution in [0.1, 0.15) is 24.3 Å². The van der Waals surface area contributed by atoms with Gasteiger partial charge in [-0.1, -0.05) is 48.0 Å². The Morgan fingerprint density at radius 2 is 1.55 bits per heavy atom. The van der Waals surface area contributed by atoms with Crippen molar-refractivity contribution in [1.29, 1.82) is 0 Å². The van der Waals surface area contributed by atoms with Crippen LogP contribution in [0, 0.1) is 38.0 Å². The predicted octanol–water partition coefficient (Wildman–Crippen LogP) is 4.62. The molecule has 16 heteroatoms. The van der Waals surface area contributed by atoms with E-state index in [0.717, 1.165) is 17.0 Å². The molecule has 0 bridgehead atoms. The quantitative estimate of drug-likeness (QED) is 0.129. The van der Waals surface area contributed by atoms with Crippen LogP contribution >= 0.6 is 23.2 Å². The number of amides is 4. The second kappa shape index (κ2) is 10.7. The van der Waals surface area contributed by atoms with Gasteiger partial charge in [-0.3, -0.25) is 44.3 Å². The lowest BCUT2D eigenvalue weighted by Crippen LogP contribution is -2.60. The zero-order valence-corrected chi connectivity index (χ0v) is 27.6. The molecule has 7 rings (SSSR count). The molecular weight excluding hydrogens is 681 g/mol. The molecule has 2 aliphatic heterocycles. The molecule has 0 radical (unpaired) electrons. The average molecular weight is 709 g/mol. The molecule has 3 aromatic carbocycles. The van der Waals surface area contributed by atoms with Gasteiger partial charge < -0.3 is 10.0 Å². The normalized spacial score (nSPS) is 29.1. The van der Waals surface area contributed by atoms with Gasteiger partial charge in [0, 0.05) is 50.1 Å². The number of carbonyl (C=O) groups excluding carboxylic acids is 4. The number of phenolic OH excluding ortho intramolecular Hbond substituents is 1. The van der Waals surface area contributed by atoms with E-state index in [4.69, 9.17) is 23.2 Å². The monoisotopic (exact) mass is 707 g/mol. The summed E-state index contributed by atoms with van der Waals surface area (Å²) in [6.45, 7) is 0. The third-order valence-electron chi connectivity index (χ3n) is 10.4. The lowest BCUT2D eigenvalue weighted by Gasteiger charge is -2.50. The number of allylic oxidation sites excluding steroid dienone is 2. The number of benzene rings is 3.